The fourth-order valence-electron chi connectivity index (χ4n) is 3.23. The van der Waals surface area contributed by atoms with Crippen LogP contribution in [-0.4, -0.2) is 22.2 Å². The third-order valence-electron chi connectivity index (χ3n) is 4.70. The quantitative estimate of drug-likeness (QED) is 0.474. The van der Waals surface area contributed by atoms with Gasteiger partial charge in [-0.05, 0) is 42.9 Å². The average Bonchev–Trinajstić information content (AvgIpc) is 2.53. The first-order valence-corrected chi connectivity index (χ1v) is 9.43. The van der Waals surface area contributed by atoms with Crippen LogP contribution in [-0.2, 0) is 6.42 Å². The lowest BCUT2D eigenvalue weighted by Gasteiger charge is -2.12. The molecule has 0 aliphatic carbocycles. The van der Waals surface area contributed by atoms with Crippen molar-refractivity contribution in [1.29, 1.82) is 0 Å². The number of aryl methyl sites for hydroxylation is 1. The lowest BCUT2D eigenvalue weighted by Crippen LogP contribution is -2.13. The molecule has 0 amide bonds. The smallest absolute Gasteiger partial charge is 0.336 e. The molecule has 0 bridgehead atoms. The molecule has 140 valence electrons. The van der Waals surface area contributed by atoms with Crippen molar-refractivity contribution < 1.29 is 19.8 Å². The summed E-state index contributed by atoms with van der Waals surface area (Å²) in [6.45, 7) is 6.36. The van der Waals surface area contributed by atoms with Crippen LogP contribution in [0, 0.1) is 12.8 Å². The second kappa shape index (κ2) is 10.9. The molecule has 2 N–H and O–H groups in total. The van der Waals surface area contributed by atoms with Gasteiger partial charge < -0.3 is 10.2 Å². The molecule has 0 heterocycles. The van der Waals surface area contributed by atoms with Crippen molar-refractivity contribution in [3.63, 3.8) is 0 Å². The summed E-state index contributed by atoms with van der Waals surface area (Å²) in [5, 5.41) is 18.6. The van der Waals surface area contributed by atoms with Crippen molar-refractivity contribution in [2.24, 2.45) is 5.92 Å². The van der Waals surface area contributed by atoms with Crippen LogP contribution in [0.4, 0.5) is 0 Å². The molecule has 0 spiro atoms. The predicted molar refractivity (Wildman–Crippen MR) is 101 cm³/mol. The summed E-state index contributed by atoms with van der Waals surface area (Å²) < 4.78 is 0. The standard InChI is InChI=1S/C21H32O4/c1-15(2)11-9-7-5-4-6-8-10-12-17-16(3)13-14-18(20(22)23)19(17)21(24)25/h13-15H,4-12H2,1-3H3,(H,22,23)(H,24,25). The average molecular weight is 348 g/mol. The number of rotatable bonds is 12. The number of carboxylic acid groups (broad SMARTS) is 2. The van der Waals surface area contributed by atoms with Gasteiger partial charge >= 0.3 is 11.9 Å². The maximum Gasteiger partial charge on any atom is 0.336 e. The van der Waals surface area contributed by atoms with Gasteiger partial charge in [0.25, 0.3) is 0 Å². The molecule has 0 aromatic heterocycles. The predicted octanol–water partition coefficient (Wildman–Crippen LogP) is 5.71. The summed E-state index contributed by atoms with van der Waals surface area (Å²) in [4.78, 5) is 22.8. The van der Waals surface area contributed by atoms with Crippen LogP contribution in [0.1, 0.15) is 97.1 Å². The molecule has 1 rings (SSSR count). The van der Waals surface area contributed by atoms with Gasteiger partial charge in [-0.2, -0.15) is 0 Å². The maximum atomic E-state index is 11.5. The number of benzene rings is 1. The highest BCUT2D eigenvalue weighted by Crippen LogP contribution is 2.22. The molecular formula is C21H32O4. The summed E-state index contributed by atoms with van der Waals surface area (Å²) >= 11 is 0. The van der Waals surface area contributed by atoms with Crippen LogP contribution in [0.25, 0.3) is 0 Å². The van der Waals surface area contributed by atoms with Crippen molar-refractivity contribution in [1.82, 2.24) is 0 Å². The van der Waals surface area contributed by atoms with E-state index in [1.165, 1.54) is 38.2 Å². The monoisotopic (exact) mass is 348 g/mol. The first-order chi connectivity index (χ1) is 11.8. The van der Waals surface area contributed by atoms with Gasteiger partial charge in [-0.15, -0.1) is 0 Å². The van der Waals surface area contributed by atoms with E-state index < -0.39 is 11.9 Å². The van der Waals surface area contributed by atoms with E-state index in [1.54, 1.807) is 6.07 Å². The summed E-state index contributed by atoms with van der Waals surface area (Å²) in [6.07, 6.45) is 10.1. The molecule has 25 heavy (non-hydrogen) atoms. The van der Waals surface area contributed by atoms with Crippen LogP contribution in [0.15, 0.2) is 12.1 Å². The topological polar surface area (TPSA) is 74.6 Å². The van der Waals surface area contributed by atoms with Gasteiger partial charge in [0.05, 0.1) is 11.1 Å². The first kappa shape index (κ1) is 21.2. The molecule has 0 aliphatic heterocycles. The Morgan fingerprint density at radius 2 is 1.44 bits per heavy atom. The molecule has 1 aromatic rings. The Hall–Kier alpha value is -1.84. The number of unbranched alkanes of at least 4 members (excludes halogenated alkanes) is 6. The van der Waals surface area contributed by atoms with Crippen molar-refractivity contribution in [2.75, 3.05) is 0 Å². The van der Waals surface area contributed by atoms with E-state index >= 15 is 0 Å². The van der Waals surface area contributed by atoms with E-state index in [1.807, 2.05) is 6.92 Å². The fraction of sp³-hybridized carbons (Fsp3) is 0.619. The van der Waals surface area contributed by atoms with Gasteiger partial charge in [0, 0.05) is 0 Å². The molecule has 1 aromatic carbocycles. The highest BCUT2D eigenvalue weighted by atomic mass is 16.4. The van der Waals surface area contributed by atoms with E-state index in [9.17, 15) is 19.8 Å². The second-order valence-corrected chi connectivity index (χ2v) is 7.30. The van der Waals surface area contributed by atoms with Gasteiger partial charge in [-0.25, -0.2) is 9.59 Å². The highest BCUT2D eigenvalue weighted by Gasteiger charge is 2.21. The molecule has 0 atom stereocenters. The number of hydrogen-bond donors (Lipinski definition) is 2. The van der Waals surface area contributed by atoms with E-state index in [0.717, 1.165) is 30.7 Å². The van der Waals surface area contributed by atoms with E-state index in [4.69, 9.17) is 0 Å². The minimum Gasteiger partial charge on any atom is -0.478 e. The molecule has 4 heteroatoms. The Morgan fingerprint density at radius 1 is 0.880 bits per heavy atom. The van der Waals surface area contributed by atoms with Crippen LogP contribution >= 0.6 is 0 Å². The Kier molecular flexibility index (Phi) is 9.25. The molecule has 0 saturated carbocycles. The maximum absolute atomic E-state index is 11.5. The van der Waals surface area contributed by atoms with E-state index in [0.29, 0.717) is 12.0 Å². The summed E-state index contributed by atoms with van der Waals surface area (Å²) in [5.41, 5.74) is 1.37. The van der Waals surface area contributed by atoms with Crippen LogP contribution in [0.3, 0.4) is 0 Å². The van der Waals surface area contributed by atoms with Gasteiger partial charge in [-0.3, -0.25) is 0 Å². The Balaban J connectivity index is 2.46. The van der Waals surface area contributed by atoms with E-state index in [2.05, 4.69) is 13.8 Å². The van der Waals surface area contributed by atoms with Crippen molar-refractivity contribution in [3.8, 4) is 0 Å². The molecule has 0 aliphatic rings. The molecular weight excluding hydrogens is 316 g/mol. The minimum atomic E-state index is -1.18. The van der Waals surface area contributed by atoms with Crippen LogP contribution < -0.4 is 0 Å². The Morgan fingerprint density at radius 3 is 1.96 bits per heavy atom. The van der Waals surface area contributed by atoms with Crippen molar-refractivity contribution in [2.45, 2.75) is 78.6 Å². The highest BCUT2D eigenvalue weighted by molar-refractivity contribution is 6.03. The zero-order valence-electron chi connectivity index (χ0n) is 15.8. The zero-order chi connectivity index (χ0) is 18.8. The Labute approximate surface area is 151 Å². The van der Waals surface area contributed by atoms with Gasteiger partial charge in [0.2, 0.25) is 0 Å². The van der Waals surface area contributed by atoms with E-state index in [-0.39, 0.29) is 11.1 Å². The summed E-state index contributed by atoms with van der Waals surface area (Å²) in [5.74, 6) is -1.55. The van der Waals surface area contributed by atoms with Gasteiger partial charge in [-0.1, -0.05) is 64.9 Å². The second-order valence-electron chi connectivity index (χ2n) is 7.30. The first-order valence-electron chi connectivity index (χ1n) is 9.43. The number of carboxylic acids is 2. The summed E-state index contributed by atoms with van der Waals surface area (Å²) in [7, 11) is 0. The molecule has 0 radical (unpaired) electrons. The van der Waals surface area contributed by atoms with Crippen LogP contribution in [0.2, 0.25) is 0 Å². The number of aromatic carboxylic acids is 2. The number of carbonyl (C=O) groups is 2. The van der Waals surface area contributed by atoms with Gasteiger partial charge in [0.1, 0.15) is 0 Å². The van der Waals surface area contributed by atoms with Crippen molar-refractivity contribution in [3.05, 3.63) is 34.4 Å². The minimum absolute atomic E-state index is 0.0406. The number of hydrogen-bond acceptors (Lipinski definition) is 2. The van der Waals surface area contributed by atoms with Gasteiger partial charge in [0.15, 0.2) is 0 Å². The SMILES string of the molecule is Cc1ccc(C(=O)O)c(C(=O)O)c1CCCCCCCCCC(C)C. The zero-order valence-corrected chi connectivity index (χ0v) is 15.8. The fourth-order valence-corrected chi connectivity index (χ4v) is 3.23. The lowest BCUT2D eigenvalue weighted by atomic mass is 9.92. The molecule has 0 fully saturated rings. The van der Waals surface area contributed by atoms with Crippen molar-refractivity contribution >= 4 is 11.9 Å². The third kappa shape index (κ3) is 7.29. The third-order valence-corrected chi connectivity index (χ3v) is 4.70. The molecule has 4 nitrogen and oxygen atoms in total. The lowest BCUT2D eigenvalue weighted by molar-refractivity contribution is 0.0650. The largest absolute Gasteiger partial charge is 0.478 e. The normalized spacial score (nSPS) is 11.0. The molecule has 0 unspecified atom stereocenters. The van der Waals surface area contributed by atoms with Crippen LogP contribution in [0.5, 0.6) is 0 Å². The Bertz CT molecular complexity index is 576. The molecule has 0 saturated heterocycles. The summed E-state index contributed by atoms with van der Waals surface area (Å²) in [6, 6.07) is 3.10.